The highest BCUT2D eigenvalue weighted by Gasteiger charge is 2.42. The summed E-state index contributed by atoms with van der Waals surface area (Å²) in [6.07, 6.45) is 0.562. The van der Waals surface area contributed by atoms with E-state index in [1.165, 1.54) is 0 Å². The lowest BCUT2D eigenvalue weighted by Gasteiger charge is -2.37. The molecule has 0 aliphatic carbocycles. The molecule has 4 rings (SSSR count). The molecule has 1 aliphatic heterocycles. The van der Waals surface area contributed by atoms with E-state index in [1.54, 1.807) is 0 Å². The Balaban J connectivity index is 1.65. The third-order valence-corrected chi connectivity index (χ3v) is 6.07. The van der Waals surface area contributed by atoms with Gasteiger partial charge in [0.25, 0.3) is 0 Å². The van der Waals surface area contributed by atoms with Crippen LogP contribution in [0.15, 0.2) is 91.0 Å². The fourth-order valence-electron chi connectivity index (χ4n) is 4.30. The standard InChI is InChI=1S/C28H32O4/c1-2-3-19-30-25-20-31-26(27(25)29)21-32-28(22-13-7-4-8-14-22,23-15-9-5-10-16-23)24-17-11-6-12-18-24/h4-18,25-27,29H,2-3,19-21H2,1H3/t25-,26-,27+/m1/s1. The highest BCUT2D eigenvalue weighted by molar-refractivity contribution is 5.47. The third-order valence-electron chi connectivity index (χ3n) is 6.07. The summed E-state index contributed by atoms with van der Waals surface area (Å²) in [5.41, 5.74) is 2.26. The number of hydrogen-bond donors (Lipinski definition) is 1. The molecule has 0 bridgehead atoms. The molecule has 1 aliphatic rings. The molecule has 0 spiro atoms. The van der Waals surface area contributed by atoms with Gasteiger partial charge in [-0.2, -0.15) is 0 Å². The van der Waals surface area contributed by atoms with Crippen LogP contribution in [-0.4, -0.2) is 43.2 Å². The van der Waals surface area contributed by atoms with Crippen LogP contribution < -0.4 is 0 Å². The Kier molecular flexibility index (Phi) is 7.72. The monoisotopic (exact) mass is 432 g/mol. The Morgan fingerprint density at radius 2 is 1.34 bits per heavy atom. The van der Waals surface area contributed by atoms with Crippen LogP contribution in [0, 0.1) is 0 Å². The van der Waals surface area contributed by atoms with Crippen LogP contribution in [0.5, 0.6) is 0 Å². The minimum absolute atomic E-state index is 0.244. The van der Waals surface area contributed by atoms with E-state index in [2.05, 4.69) is 43.3 Å². The molecule has 32 heavy (non-hydrogen) atoms. The molecule has 3 aromatic carbocycles. The first-order chi connectivity index (χ1) is 15.8. The molecule has 0 radical (unpaired) electrons. The van der Waals surface area contributed by atoms with Crippen molar-refractivity contribution in [1.29, 1.82) is 0 Å². The van der Waals surface area contributed by atoms with E-state index in [1.807, 2.05) is 54.6 Å². The van der Waals surface area contributed by atoms with Crippen molar-refractivity contribution in [3.8, 4) is 0 Å². The molecule has 3 aromatic rings. The maximum Gasteiger partial charge on any atom is 0.143 e. The van der Waals surface area contributed by atoms with E-state index in [9.17, 15) is 5.11 Å². The van der Waals surface area contributed by atoms with E-state index in [4.69, 9.17) is 14.2 Å². The van der Waals surface area contributed by atoms with Crippen LogP contribution in [0.25, 0.3) is 0 Å². The first-order valence-electron chi connectivity index (χ1n) is 11.5. The zero-order chi connectivity index (χ0) is 22.2. The Bertz CT molecular complexity index is 833. The molecule has 1 fully saturated rings. The number of hydrogen-bond acceptors (Lipinski definition) is 4. The summed E-state index contributed by atoms with van der Waals surface area (Å²) in [4.78, 5) is 0. The van der Waals surface area contributed by atoms with Crippen LogP contribution in [0.1, 0.15) is 36.5 Å². The molecule has 0 amide bonds. The topological polar surface area (TPSA) is 47.9 Å². The van der Waals surface area contributed by atoms with E-state index in [0.29, 0.717) is 13.2 Å². The maximum absolute atomic E-state index is 10.8. The van der Waals surface area contributed by atoms with Gasteiger partial charge >= 0.3 is 0 Å². The van der Waals surface area contributed by atoms with E-state index in [-0.39, 0.29) is 12.7 Å². The number of benzene rings is 3. The van der Waals surface area contributed by atoms with Crippen LogP contribution in [-0.2, 0) is 19.8 Å². The smallest absolute Gasteiger partial charge is 0.143 e. The summed E-state index contributed by atoms with van der Waals surface area (Å²) < 4.78 is 18.5. The van der Waals surface area contributed by atoms with Crippen molar-refractivity contribution in [1.82, 2.24) is 0 Å². The maximum atomic E-state index is 10.8. The molecule has 168 valence electrons. The SMILES string of the molecule is CCCCO[C@@H]1CO[C@H](COC(c2ccccc2)(c2ccccc2)c2ccccc2)[C@H]1O. The van der Waals surface area contributed by atoms with Gasteiger partial charge in [0.05, 0.1) is 13.2 Å². The fraction of sp³-hybridized carbons (Fsp3) is 0.357. The van der Waals surface area contributed by atoms with Crippen molar-refractivity contribution in [3.05, 3.63) is 108 Å². The largest absolute Gasteiger partial charge is 0.388 e. The fourth-order valence-corrected chi connectivity index (χ4v) is 4.30. The summed E-state index contributed by atoms with van der Waals surface area (Å²) >= 11 is 0. The van der Waals surface area contributed by atoms with Crippen LogP contribution in [0.4, 0.5) is 0 Å². The molecule has 0 aromatic heterocycles. The van der Waals surface area contributed by atoms with Crippen molar-refractivity contribution < 1.29 is 19.3 Å². The zero-order valence-corrected chi connectivity index (χ0v) is 18.6. The summed E-state index contributed by atoms with van der Waals surface area (Å²) in [6.45, 7) is 3.39. The van der Waals surface area contributed by atoms with Gasteiger partial charge in [-0.15, -0.1) is 0 Å². The van der Waals surface area contributed by atoms with Crippen LogP contribution in [0.3, 0.4) is 0 Å². The lowest BCUT2D eigenvalue weighted by atomic mass is 9.80. The Morgan fingerprint density at radius 3 is 1.81 bits per heavy atom. The molecular weight excluding hydrogens is 400 g/mol. The van der Waals surface area contributed by atoms with Gasteiger partial charge in [-0.3, -0.25) is 0 Å². The second kappa shape index (κ2) is 10.9. The Hall–Kier alpha value is -2.50. The quantitative estimate of drug-likeness (QED) is 0.364. The lowest BCUT2D eigenvalue weighted by molar-refractivity contribution is -0.0757. The number of unbranched alkanes of at least 4 members (excludes halogenated alkanes) is 1. The molecular formula is C28H32O4. The number of aliphatic hydroxyl groups is 1. The van der Waals surface area contributed by atoms with Gasteiger partial charge in [-0.25, -0.2) is 0 Å². The van der Waals surface area contributed by atoms with Crippen molar-refractivity contribution in [2.24, 2.45) is 0 Å². The molecule has 0 saturated carbocycles. The second-order valence-electron chi connectivity index (χ2n) is 8.22. The van der Waals surface area contributed by atoms with E-state index < -0.39 is 17.8 Å². The van der Waals surface area contributed by atoms with Crippen molar-refractivity contribution in [3.63, 3.8) is 0 Å². The molecule has 4 nitrogen and oxygen atoms in total. The highest BCUT2D eigenvalue weighted by atomic mass is 16.6. The summed E-state index contributed by atoms with van der Waals surface area (Å²) in [5, 5.41) is 10.8. The molecule has 1 heterocycles. The first-order valence-corrected chi connectivity index (χ1v) is 11.5. The molecule has 0 unspecified atom stereocenters. The van der Waals surface area contributed by atoms with Gasteiger partial charge in [0.2, 0.25) is 0 Å². The zero-order valence-electron chi connectivity index (χ0n) is 18.6. The third kappa shape index (κ3) is 4.79. The van der Waals surface area contributed by atoms with Gasteiger partial charge in [-0.1, -0.05) is 104 Å². The number of ether oxygens (including phenoxy) is 3. The van der Waals surface area contributed by atoms with Gasteiger partial charge in [-0.05, 0) is 23.1 Å². The Morgan fingerprint density at radius 1 is 0.844 bits per heavy atom. The predicted octanol–water partition coefficient (Wildman–Crippen LogP) is 4.94. The van der Waals surface area contributed by atoms with Gasteiger partial charge in [0, 0.05) is 6.61 Å². The highest BCUT2D eigenvalue weighted by Crippen LogP contribution is 2.41. The number of aliphatic hydroxyl groups excluding tert-OH is 1. The van der Waals surface area contributed by atoms with Gasteiger partial charge < -0.3 is 19.3 Å². The molecule has 1 saturated heterocycles. The Labute approximate surface area is 190 Å². The van der Waals surface area contributed by atoms with Crippen LogP contribution >= 0.6 is 0 Å². The van der Waals surface area contributed by atoms with Crippen molar-refractivity contribution in [2.45, 2.75) is 43.7 Å². The van der Waals surface area contributed by atoms with E-state index >= 15 is 0 Å². The predicted molar refractivity (Wildman–Crippen MR) is 126 cm³/mol. The molecule has 4 heteroatoms. The van der Waals surface area contributed by atoms with Gasteiger partial charge in [0.15, 0.2) is 0 Å². The second-order valence-corrected chi connectivity index (χ2v) is 8.22. The normalized spacial score (nSPS) is 21.0. The van der Waals surface area contributed by atoms with Crippen LogP contribution in [0.2, 0.25) is 0 Å². The minimum atomic E-state index is -0.825. The average molecular weight is 433 g/mol. The summed E-state index contributed by atoms with van der Waals surface area (Å²) in [7, 11) is 0. The van der Waals surface area contributed by atoms with E-state index in [0.717, 1.165) is 29.5 Å². The summed E-state index contributed by atoms with van der Waals surface area (Å²) in [6, 6.07) is 30.7. The molecule has 1 N–H and O–H groups in total. The summed E-state index contributed by atoms with van der Waals surface area (Å²) in [5.74, 6) is 0. The van der Waals surface area contributed by atoms with Crippen molar-refractivity contribution in [2.75, 3.05) is 19.8 Å². The first kappa shape index (κ1) is 22.7. The molecule has 3 atom stereocenters. The minimum Gasteiger partial charge on any atom is -0.388 e. The van der Waals surface area contributed by atoms with Crippen molar-refractivity contribution >= 4 is 0 Å². The van der Waals surface area contributed by atoms with Gasteiger partial charge in [0.1, 0.15) is 23.9 Å². The lowest BCUT2D eigenvalue weighted by Crippen LogP contribution is -2.40. The number of rotatable bonds is 10. The average Bonchev–Trinajstić information content (AvgIpc) is 3.21.